The Bertz CT molecular complexity index is 10700. The summed E-state index contributed by atoms with van der Waals surface area (Å²) < 4.78 is 123. The summed E-state index contributed by atoms with van der Waals surface area (Å²) in [7, 11) is 0. The molecule has 702 valence electrons. The number of anilines is 9. The van der Waals surface area contributed by atoms with E-state index in [1.165, 1.54) is 170 Å². The SMILES string of the molecule is Fc1ccc(N(c2ccccc2)c2ccc(-c3ccc4ccc5cc6c(c7ccc3c4c57)c3ccccc3n6-c3ccccc3)cc2)c(F)c1F.Fc1ccccc1N(c1ccc(-c2ccc3ccc4cc5c(c6ccc2c3c46)c2ccccc2n5-c2ccccc2)cc1)c1ccccc1F.[2H]c1c([2H])c([2H])c(N(c2ccccc2)c2ccc(-c3ccc4ccc5cc6c(c7ccc3c4c57)c3ccccc3n6-c3ccccc3)cc2)c([2H])c1[2H]. The van der Waals surface area contributed by atoms with Crippen molar-refractivity contribution in [2.75, 3.05) is 14.7 Å². The van der Waals surface area contributed by atoms with E-state index in [1.807, 2.05) is 127 Å². The molecule has 11 heteroatoms. The Labute approximate surface area is 860 Å². The maximum atomic E-state index is 15.2. The molecule has 3 aromatic heterocycles. The molecule has 0 spiro atoms. The number of rotatable bonds is 15. The molecule has 0 aliphatic heterocycles. The van der Waals surface area contributed by atoms with Gasteiger partial charge in [0.15, 0.2) is 17.5 Å². The molecule has 30 aromatic rings. The minimum absolute atomic E-state index is 0.0736. The van der Waals surface area contributed by atoms with Gasteiger partial charge in [0.25, 0.3) is 0 Å². The molecule has 3 heterocycles. The summed E-state index contributed by atoms with van der Waals surface area (Å²) in [4.78, 5) is 4.98. The van der Waals surface area contributed by atoms with Crippen molar-refractivity contribution in [3.8, 4) is 50.4 Å². The molecule has 0 fully saturated rings. The van der Waals surface area contributed by atoms with Gasteiger partial charge in [0, 0.05) is 83.5 Å². The van der Waals surface area contributed by atoms with E-state index >= 15 is 13.2 Å². The van der Waals surface area contributed by atoms with Crippen LogP contribution in [0.2, 0.25) is 0 Å². The summed E-state index contributed by atoms with van der Waals surface area (Å²) in [5.74, 6) is -4.81. The van der Waals surface area contributed by atoms with Crippen LogP contribution >= 0.6 is 0 Å². The minimum Gasteiger partial charge on any atom is -0.311 e. The molecule has 0 bridgehead atoms. The van der Waals surface area contributed by atoms with Crippen LogP contribution in [-0.2, 0) is 0 Å². The number of hydrogen-bond donors (Lipinski definition) is 0. The van der Waals surface area contributed by atoms with Gasteiger partial charge >= 0.3 is 0 Å². The fraction of sp³-hybridized carbons (Fsp3) is 0. The van der Waals surface area contributed by atoms with Gasteiger partial charge in [-0.15, -0.1) is 0 Å². The molecule has 0 unspecified atom stereocenters. The van der Waals surface area contributed by atoms with Crippen LogP contribution in [0.15, 0.2) is 516 Å². The molecule has 0 saturated carbocycles. The van der Waals surface area contributed by atoms with Crippen LogP contribution in [0.5, 0.6) is 0 Å². The maximum absolute atomic E-state index is 15.2. The molecule has 149 heavy (non-hydrogen) atoms. The zero-order chi connectivity index (χ0) is 104. The van der Waals surface area contributed by atoms with E-state index in [4.69, 9.17) is 6.85 Å². The molecule has 0 saturated heterocycles. The van der Waals surface area contributed by atoms with Crippen LogP contribution in [0.4, 0.5) is 73.1 Å². The molecular weight excluding hydrogens is 1840 g/mol. The monoisotopic (exact) mass is 1930 g/mol. The first-order chi connectivity index (χ1) is 75.6. The van der Waals surface area contributed by atoms with Gasteiger partial charge in [-0.05, 0) is 312 Å². The second-order valence-corrected chi connectivity index (χ2v) is 37.9. The van der Waals surface area contributed by atoms with Crippen molar-refractivity contribution in [2.24, 2.45) is 0 Å². The Morgan fingerprint density at radius 3 is 0.832 bits per heavy atom. The first-order valence-corrected chi connectivity index (χ1v) is 49.7. The van der Waals surface area contributed by atoms with E-state index < -0.39 is 35.1 Å². The predicted molar refractivity (Wildman–Crippen MR) is 614 cm³/mol. The molecule has 0 aliphatic rings. The fourth-order valence-corrected chi connectivity index (χ4v) is 23.4. The van der Waals surface area contributed by atoms with E-state index in [0.29, 0.717) is 28.4 Å². The van der Waals surface area contributed by atoms with E-state index in [-0.39, 0.29) is 46.9 Å². The number of fused-ring (bicyclic) bond motifs is 12. The number of halogens is 5. The van der Waals surface area contributed by atoms with Crippen molar-refractivity contribution in [2.45, 2.75) is 0 Å². The van der Waals surface area contributed by atoms with Gasteiger partial charge in [-0.25, -0.2) is 22.0 Å². The smallest absolute Gasteiger partial charge is 0.196 e. The van der Waals surface area contributed by atoms with Gasteiger partial charge in [-0.3, -0.25) is 0 Å². The minimum atomic E-state index is -1.50. The van der Waals surface area contributed by atoms with E-state index in [0.717, 1.165) is 67.3 Å². The summed E-state index contributed by atoms with van der Waals surface area (Å²) in [5, 5.41) is 29.0. The highest BCUT2D eigenvalue weighted by atomic mass is 19.2. The lowest BCUT2D eigenvalue weighted by molar-refractivity contribution is 0.448. The molecule has 0 amide bonds. The molecule has 0 N–H and O–H groups in total. The maximum Gasteiger partial charge on any atom is 0.196 e. The van der Waals surface area contributed by atoms with Crippen molar-refractivity contribution in [1.29, 1.82) is 0 Å². The molecule has 30 rings (SSSR count). The number of nitrogens with zero attached hydrogens (tertiary/aromatic N) is 6. The first-order valence-electron chi connectivity index (χ1n) is 52.2. The van der Waals surface area contributed by atoms with E-state index in [1.54, 1.807) is 51.1 Å². The quantitative estimate of drug-likeness (QED) is 0.0581. The second-order valence-electron chi connectivity index (χ2n) is 37.9. The number of aromatic nitrogens is 3. The number of para-hydroxylation sites is 11. The third kappa shape index (κ3) is 14.3. The zero-order valence-electron chi connectivity index (χ0n) is 84.8. The lowest BCUT2D eigenvalue weighted by Gasteiger charge is -2.26. The van der Waals surface area contributed by atoms with Crippen LogP contribution in [0.1, 0.15) is 6.85 Å². The Kier molecular flexibility index (Phi) is 19.6. The molecule has 0 radical (unpaired) electrons. The summed E-state index contributed by atoms with van der Waals surface area (Å²) in [6.07, 6.45) is 0. The molecule has 27 aromatic carbocycles. The summed E-state index contributed by atoms with van der Waals surface area (Å²) in [5.41, 5.74) is 20.7. The second kappa shape index (κ2) is 35.5. The Balaban J connectivity index is 0.000000110. The average Bonchev–Trinajstić information content (AvgIpc) is 1.56. The van der Waals surface area contributed by atoms with Gasteiger partial charge in [0.2, 0.25) is 0 Å². The Morgan fingerprint density at radius 1 is 0.174 bits per heavy atom. The largest absolute Gasteiger partial charge is 0.311 e. The summed E-state index contributed by atoms with van der Waals surface area (Å²) in [6.45, 7) is 0. The van der Waals surface area contributed by atoms with Gasteiger partial charge in [-0.2, -0.15) is 0 Å². The van der Waals surface area contributed by atoms with Crippen molar-refractivity contribution in [3.05, 3.63) is 545 Å². The molecular formula is C138H85F5N6. The average molecular weight is 1930 g/mol. The van der Waals surface area contributed by atoms with Crippen molar-refractivity contribution in [1.82, 2.24) is 13.7 Å². The molecule has 6 nitrogen and oxygen atoms in total. The standard InChI is InChI=1S/C46H27F3N2.C46H28F2N2.C46H30N2/c47-38-25-26-40(46(49)45(38)48)50(31-9-3-1-4-10-31)33-20-17-28(18-21-33)34-22-19-29-15-16-30-27-41-44(37-24-23-35(34)42(29)43(30)37)36-13-7-8-14-39(36)51(41)32-11-5-2-6-12-32;47-38-13-5-8-16-41(38)50(42-17-9-6-14-39(42)48)33-23-20-29(21-24-33)34-25-22-30-18-19-31-28-43-46(37-27-26-35(34)44(30)45(31)37)36-12-4-7-15-40(36)49(43)32-10-2-1-3-11-32;1-4-12-34(13-5-1)47(35-14-6-2-7-15-35)37-25-22-31(23-26-37)38-27-24-32-20-21-33-30-43-46(41-29-28-39(38)44(32)45(33)41)40-18-10-11-19-42(40)48(43)36-16-8-3-9-17-36/h1-27H;1-28H;1-30H/i;;1D,4D,5D,12D,13D. The summed E-state index contributed by atoms with van der Waals surface area (Å²) >= 11 is 0. The van der Waals surface area contributed by atoms with E-state index in [2.05, 4.69) is 311 Å². The lowest BCUT2D eigenvalue weighted by atomic mass is 9.88. The van der Waals surface area contributed by atoms with Gasteiger partial charge in [0.1, 0.15) is 11.6 Å². The highest BCUT2D eigenvalue weighted by Gasteiger charge is 2.29. The highest BCUT2D eigenvalue weighted by Crippen LogP contribution is 2.53. The Hall–Kier alpha value is -19.5. The van der Waals surface area contributed by atoms with Gasteiger partial charge in [0.05, 0.1) is 57.0 Å². The van der Waals surface area contributed by atoms with Gasteiger partial charge in [-0.1, -0.05) is 334 Å². The van der Waals surface area contributed by atoms with Crippen molar-refractivity contribution in [3.63, 3.8) is 0 Å². The Morgan fingerprint density at radius 2 is 0.463 bits per heavy atom. The van der Waals surface area contributed by atoms with Crippen LogP contribution < -0.4 is 14.7 Å². The predicted octanol–water partition coefficient (Wildman–Crippen LogP) is 39.1. The third-order valence-corrected chi connectivity index (χ3v) is 29.8. The topological polar surface area (TPSA) is 24.5 Å². The van der Waals surface area contributed by atoms with Gasteiger partial charge < -0.3 is 28.4 Å². The van der Waals surface area contributed by atoms with Crippen molar-refractivity contribution >= 4 is 214 Å². The zero-order valence-corrected chi connectivity index (χ0v) is 79.8. The van der Waals surface area contributed by atoms with Crippen LogP contribution in [-0.4, -0.2) is 13.7 Å². The van der Waals surface area contributed by atoms with Crippen molar-refractivity contribution < 1.29 is 28.8 Å². The fourth-order valence-electron chi connectivity index (χ4n) is 23.4. The lowest BCUT2D eigenvalue weighted by Crippen LogP contribution is -2.13. The highest BCUT2D eigenvalue weighted by molar-refractivity contribution is 6.38. The number of benzene rings is 27. The first kappa shape index (κ1) is 82.0. The summed E-state index contributed by atoms with van der Waals surface area (Å²) in [6, 6.07) is 160. The number of hydrogen-bond acceptors (Lipinski definition) is 3. The van der Waals surface area contributed by atoms with E-state index in [9.17, 15) is 8.78 Å². The normalized spacial score (nSPS) is 12.3. The third-order valence-electron chi connectivity index (χ3n) is 29.8. The molecule has 0 aliphatic carbocycles. The van der Waals surface area contributed by atoms with Crippen LogP contribution in [0.25, 0.3) is 213 Å². The van der Waals surface area contributed by atoms with Crippen LogP contribution in [0, 0.1) is 29.1 Å². The van der Waals surface area contributed by atoms with Crippen LogP contribution in [0.3, 0.4) is 0 Å². The molecule has 0 atom stereocenters.